The zero-order chi connectivity index (χ0) is 13.1. The Labute approximate surface area is 115 Å². The van der Waals surface area contributed by atoms with Gasteiger partial charge in [0.05, 0.1) is 19.8 Å². The van der Waals surface area contributed by atoms with Gasteiger partial charge in [0.15, 0.2) is 0 Å². The van der Waals surface area contributed by atoms with Crippen LogP contribution in [0.2, 0.25) is 0 Å². The van der Waals surface area contributed by atoms with Crippen LogP contribution in [0.15, 0.2) is 0 Å². The molecule has 3 aliphatic rings. The average molecular weight is 267 g/mol. The standard InChI is InChI=1S/C14H25N3O2/c18-14(16-5-7-19-8-6-16)10-15-9-12-3-4-17(11-12)13-1-2-13/h12-13,15H,1-11H2. The molecule has 0 radical (unpaired) electrons. The highest BCUT2D eigenvalue weighted by Gasteiger charge is 2.34. The molecular formula is C14H25N3O2. The average Bonchev–Trinajstić information content (AvgIpc) is 3.20. The van der Waals surface area contributed by atoms with Gasteiger partial charge in [-0.05, 0) is 38.3 Å². The van der Waals surface area contributed by atoms with E-state index in [-0.39, 0.29) is 5.91 Å². The Morgan fingerprint density at radius 1 is 1.16 bits per heavy atom. The van der Waals surface area contributed by atoms with Crippen molar-refractivity contribution < 1.29 is 9.53 Å². The summed E-state index contributed by atoms with van der Waals surface area (Å²) < 4.78 is 5.26. The van der Waals surface area contributed by atoms with Crippen LogP contribution in [0.4, 0.5) is 0 Å². The van der Waals surface area contributed by atoms with Crippen molar-refractivity contribution in [3.05, 3.63) is 0 Å². The van der Waals surface area contributed by atoms with E-state index in [1.54, 1.807) is 0 Å². The van der Waals surface area contributed by atoms with Crippen LogP contribution in [0.3, 0.4) is 0 Å². The Bertz CT molecular complexity index is 314. The lowest BCUT2D eigenvalue weighted by Gasteiger charge is -2.27. The number of carbonyl (C=O) groups excluding carboxylic acids is 1. The largest absolute Gasteiger partial charge is 0.378 e. The van der Waals surface area contributed by atoms with Gasteiger partial charge in [-0.15, -0.1) is 0 Å². The smallest absolute Gasteiger partial charge is 0.236 e. The fourth-order valence-electron chi connectivity index (χ4n) is 3.11. The molecule has 0 aromatic carbocycles. The minimum Gasteiger partial charge on any atom is -0.378 e. The van der Waals surface area contributed by atoms with Crippen molar-refractivity contribution in [3.8, 4) is 0 Å². The van der Waals surface area contributed by atoms with Crippen molar-refractivity contribution in [2.24, 2.45) is 5.92 Å². The third kappa shape index (κ3) is 3.68. The van der Waals surface area contributed by atoms with Crippen molar-refractivity contribution in [1.29, 1.82) is 0 Å². The Morgan fingerprint density at radius 3 is 2.68 bits per heavy atom. The van der Waals surface area contributed by atoms with Crippen LogP contribution in [-0.4, -0.2) is 74.2 Å². The lowest BCUT2D eigenvalue weighted by Crippen LogP contribution is -2.45. The number of rotatable bonds is 5. The Hall–Kier alpha value is -0.650. The first-order valence-corrected chi connectivity index (χ1v) is 7.63. The number of hydrogen-bond acceptors (Lipinski definition) is 4. The summed E-state index contributed by atoms with van der Waals surface area (Å²) in [5.74, 6) is 0.957. The van der Waals surface area contributed by atoms with Gasteiger partial charge < -0.3 is 19.9 Å². The molecule has 3 rings (SSSR count). The number of nitrogens with one attached hydrogen (secondary N) is 1. The number of hydrogen-bond donors (Lipinski definition) is 1. The highest BCUT2D eigenvalue weighted by atomic mass is 16.5. The van der Waals surface area contributed by atoms with E-state index in [2.05, 4.69) is 10.2 Å². The number of morpholine rings is 1. The summed E-state index contributed by atoms with van der Waals surface area (Å²) in [7, 11) is 0. The molecule has 5 nitrogen and oxygen atoms in total. The van der Waals surface area contributed by atoms with Crippen LogP contribution in [0.5, 0.6) is 0 Å². The van der Waals surface area contributed by atoms with E-state index < -0.39 is 0 Å². The van der Waals surface area contributed by atoms with E-state index in [0.717, 1.165) is 31.6 Å². The van der Waals surface area contributed by atoms with Gasteiger partial charge in [0.25, 0.3) is 0 Å². The second kappa shape index (κ2) is 6.20. The van der Waals surface area contributed by atoms with Crippen LogP contribution in [0, 0.1) is 5.92 Å². The number of ether oxygens (including phenoxy) is 1. The zero-order valence-electron chi connectivity index (χ0n) is 11.6. The molecule has 1 N–H and O–H groups in total. The summed E-state index contributed by atoms with van der Waals surface area (Å²) in [6.07, 6.45) is 4.08. The fraction of sp³-hybridized carbons (Fsp3) is 0.929. The fourth-order valence-corrected chi connectivity index (χ4v) is 3.11. The van der Waals surface area contributed by atoms with Gasteiger partial charge in [0.2, 0.25) is 5.91 Å². The molecule has 0 aromatic rings. The highest BCUT2D eigenvalue weighted by molar-refractivity contribution is 5.78. The first kappa shape index (κ1) is 13.3. The van der Waals surface area contributed by atoms with Crippen LogP contribution in [-0.2, 0) is 9.53 Å². The second-order valence-corrected chi connectivity index (χ2v) is 6.00. The van der Waals surface area contributed by atoms with Gasteiger partial charge >= 0.3 is 0 Å². The number of likely N-dealkylation sites (tertiary alicyclic amines) is 1. The van der Waals surface area contributed by atoms with Crippen LogP contribution >= 0.6 is 0 Å². The van der Waals surface area contributed by atoms with E-state index in [0.29, 0.717) is 19.8 Å². The maximum atomic E-state index is 12.0. The molecule has 1 amide bonds. The van der Waals surface area contributed by atoms with Crippen molar-refractivity contribution in [3.63, 3.8) is 0 Å². The summed E-state index contributed by atoms with van der Waals surface area (Å²) >= 11 is 0. The molecule has 0 bridgehead atoms. The molecule has 0 aromatic heterocycles. The van der Waals surface area contributed by atoms with Crippen molar-refractivity contribution >= 4 is 5.91 Å². The quantitative estimate of drug-likeness (QED) is 0.757. The van der Waals surface area contributed by atoms with Crippen LogP contribution in [0.25, 0.3) is 0 Å². The SMILES string of the molecule is O=C(CNCC1CCN(C2CC2)C1)N1CCOCC1. The maximum Gasteiger partial charge on any atom is 0.236 e. The molecule has 1 saturated carbocycles. The number of carbonyl (C=O) groups is 1. The van der Waals surface area contributed by atoms with Crippen LogP contribution in [0.1, 0.15) is 19.3 Å². The molecule has 2 aliphatic heterocycles. The lowest BCUT2D eigenvalue weighted by molar-refractivity contribution is -0.134. The Morgan fingerprint density at radius 2 is 1.95 bits per heavy atom. The minimum atomic E-state index is 0.223. The first-order chi connectivity index (χ1) is 9.33. The predicted molar refractivity (Wildman–Crippen MR) is 73.0 cm³/mol. The molecule has 3 fully saturated rings. The van der Waals surface area contributed by atoms with Crippen molar-refractivity contribution in [2.45, 2.75) is 25.3 Å². The summed E-state index contributed by atoms with van der Waals surface area (Å²) in [6, 6.07) is 0.889. The van der Waals surface area contributed by atoms with Crippen LogP contribution < -0.4 is 5.32 Å². The van der Waals surface area contributed by atoms with Crippen molar-refractivity contribution in [1.82, 2.24) is 15.1 Å². The predicted octanol–water partition coefficient (Wildman–Crippen LogP) is -0.0809. The monoisotopic (exact) mass is 267 g/mol. The maximum absolute atomic E-state index is 12.0. The van der Waals surface area contributed by atoms with Gasteiger partial charge in [-0.25, -0.2) is 0 Å². The van der Waals surface area contributed by atoms with Gasteiger partial charge in [-0.3, -0.25) is 4.79 Å². The summed E-state index contributed by atoms with van der Waals surface area (Å²) in [5, 5.41) is 3.35. The molecule has 5 heteroatoms. The van der Waals surface area contributed by atoms with E-state index in [1.807, 2.05) is 4.90 Å². The molecular weight excluding hydrogens is 242 g/mol. The molecule has 0 spiro atoms. The zero-order valence-corrected chi connectivity index (χ0v) is 11.6. The molecule has 2 saturated heterocycles. The van der Waals surface area contributed by atoms with Gasteiger partial charge in [0.1, 0.15) is 0 Å². The van der Waals surface area contributed by atoms with E-state index in [1.165, 1.54) is 32.4 Å². The normalized spacial score (nSPS) is 28.8. The Kier molecular flexibility index (Phi) is 4.35. The summed E-state index contributed by atoms with van der Waals surface area (Å²) in [4.78, 5) is 16.5. The summed E-state index contributed by atoms with van der Waals surface area (Å²) in [5.41, 5.74) is 0. The van der Waals surface area contributed by atoms with Crippen molar-refractivity contribution in [2.75, 3.05) is 52.5 Å². The van der Waals surface area contributed by atoms with Gasteiger partial charge in [-0.1, -0.05) is 0 Å². The molecule has 1 unspecified atom stereocenters. The van der Waals surface area contributed by atoms with Gasteiger partial charge in [0, 0.05) is 25.7 Å². The molecule has 1 atom stereocenters. The molecule has 19 heavy (non-hydrogen) atoms. The second-order valence-electron chi connectivity index (χ2n) is 6.00. The topological polar surface area (TPSA) is 44.8 Å². The number of nitrogens with zero attached hydrogens (tertiary/aromatic N) is 2. The van der Waals surface area contributed by atoms with Gasteiger partial charge in [-0.2, -0.15) is 0 Å². The summed E-state index contributed by atoms with van der Waals surface area (Å²) in [6.45, 7) is 6.82. The minimum absolute atomic E-state index is 0.223. The molecule has 1 aliphatic carbocycles. The van der Waals surface area contributed by atoms with E-state index in [9.17, 15) is 4.79 Å². The Balaban J connectivity index is 1.30. The third-order valence-corrected chi connectivity index (χ3v) is 4.45. The van der Waals surface area contributed by atoms with E-state index >= 15 is 0 Å². The molecule has 108 valence electrons. The van der Waals surface area contributed by atoms with E-state index in [4.69, 9.17) is 4.74 Å². The molecule has 2 heterocycles. The highest BCUT2D eigenvalue weighted by Crippen LogP contribution is 2.31. The third-order valence-electron chi connectivity index (χ3n) is 4.45. The lowest BCUT2D eigenvalue weighted by atomic mass is 10.1. The number of amides is 1. The first-order valence-electron chi connectivity index (χ1n) is 7.63.